The quantitative estimate of drug-likeness (QED) is 0.407. The van der Waals surface area contributed by atoms with Crippen molar-refractivity contribution in [3.63, 3.8) is 0 Å². The molecule has 1 fully saturated rings. The molecule has 0 radical (unpaired) electrons. The van der Waals surface area contributed by atoms with E-state index in [4.69, 9.17) is 0 Å². The number of hydrogen-bond acceptors (Lipinski definition) is 0. The predicted molar refractivity (Wildman–Crippen MR) is 115 cm³/mol. The molecule has 0 bridgehead atoms. The molecule has 0 aliphatic heterocycles. The number of rotatable bonds is 0. The molecule has 0 N–H and O–H groups in total. The van der Waals surface area contributed by atoms with E-state index >= 15 is 0 Å². The fraction of sp³-hybridized carbons (Fsp3) is 1.00. The first-order valence-electron chi connectivity index (χ1n) is 12.5. The molecule has 0 nitrogen and oxygen atoms in total. The van der Waals surface area contributed by atoms with Gasteiger partial charge in [-0.3, -0.25) is 0 Å². The first-order chi connectivity index (χ1) is 12.5. The zero-order valence-electron chi connectivity index (χ0n) is 17.7. The Morgan fingerprint density at radius 3 is 0.160 bits per heavy atom. The highest BCUT2D eigenvalue weighted by Crippen LogP contribution is 2.17. The fourth-order valence-corrected chi connectivity index (χ4v) is 4.42. The van der Waals surface area contributed by atoms with Gasteiger partial charge in [0, 0.05) is 0 Å². The molecule has 150 valence electrons. The van der Waals surface area contributed by atoms with Crippen molar-refractivity contribution in [3.8, 4) is 0 Å². The smallest absolute Gasteiger partial charge is 0.0533 e. The minimum absolute atomic E-state index is 1.50. The molecule has 1 rings (SSSR count). The third kappa shape index (κ3) is 18.6. The van der Waals surface area contributed by atoms with Crippen LogP contribution in [0.1, 0.15) is 161 Å². The summed E-state index contributed by atoms with van der Waals surface area (Å²) in [5.74, 6) is 0. The van der Waals surface area contributed by atoms with Gasteiger partial charge in [-0.25, -0.2) is 0 Å². The van der Waals surface area contributed by atoms with Gasteiger partial charge in [0.15, 0.2) is 0 Å². The Morgan fingerprint density at radius 2 is 0.120 bits per heavy atom. The van der Waals surface area contributed by atoms with Crippen LogP contribution in [-0.4, -0.2) is 0 Å². The predicted octanol–water partition coefficient (Wildman–Crippen LogP) is 9.75. The highest BCUT2D eigenvalue weighted by molar-refractivity contribution is 4.53. The van der Waals surface area contributed by atoms with Crippen LogP contribution in [0.2, 0.25) is 0 Å². The third-order valence-electron chi connectivity index (χ3n) is 6.25. The summed E-state index contributed by atoms with van der Waals surface area (Å²) in [6.45, 7) is 0. The lowest BCUT2D eigenvalue weighted by molar-refractivity contribution is 0.520. The van der Waals surface area contributed by atoms with Crippen LogP contribution in [-0.2, 0) is 0 Å². The second-order valence-electron chi connectivity index (χ2n) is 8.84. The van der Waals surface area contributed by atoms with E-state index in [2.05, 4.69) is 0 Å². The maximum atomic E-state index is 1.50. The summed E-state index contributed by atoms with van der Waals surface area (Å²) in [6.07, 6.45) is 37.5. The Hall–Kier alpha value is 0. The molecular formula is C25H50. The molecule has 25 heavy (non-hydrogen) atoms. The van der Waals surface area contributed by atoms with Gasteiger partial charge in [-0.1, -0.05) is 161 Å². The minimum Gasteiger partial charge on any atom is -0.0533 e. The van der Waals surface area contributed by atoms with Gasteiger partial charge in [-0.05, 0) is 0 Å². The van der Waals surface area contributed by atoms with Crippen molar-refractivity contribution in [1.29, 1.82) is 0 Å². The average molecular weight is 351 g/mol. The molecule has 0 unspecified atom stereocenters. The minimum atomic E-state index is 1.50. The van der Waals surface area contributed by atoms with E-state index in [1.807, 2.05) is 0 Å². The Balaban J connectivity index is 2.00. The van der Waals surface area contributed by atoms with Crippen LogP contribution < -0.4 is 0 Å². The van der Waals surface area contributed by atoms with Crippen LogP contribution in [0, 0.1) is 0 Å². The lowest BCUT2D eigenvalue weighted by Gasteiger charge is -2.04. The molecular weight excluding hydrogens is 300 g/mol. The summed E-state index contributed by atoms with van der Waals surface area (Å²) >= 11 is 0. The first-order valence-corrected chi connectivity index (χ1v) is 12.5. The molecule has 1 aliphatic rings. The van der Waals surface area contributed by atoms with Crippen LogP contribution in [0.15, 0.2) is 0 Å². The van der Waals surface area contributed by atoms with Crippen molar-refractivity contribution in [2.24, 2.45) is 0 Å². The Labute approximate surface area is 160 Å². The van der Waals surface area contributed by atoms with Crippen LogP contribution in [0.3, 0.4) is 0 Å². The Bertz CT molecular complexity index is 116. The lowest BCUT2D eigenvalue weighted by atomic mass is 10.0. The molecule has 0 aromatic heterocycles. The van der Waals surface area contributed by atoms with Crippen LogP contribution >= 0.6 is 0 Å². The Morgan fingerprint density at radius 1 is 0.0800 bits per heavy atom. The van der Waals surface area contributed by atoms with Gasteiger partial charge in [-0.2, -0.15) is 0 Å². The molecule has 0 saturated heterocycles. The van der Waals surface area contributed by atoms with Gasteiger partial charge >= 0.3 is 0 Å². The maximum Gasteiger partial charge on any atom is -0.0533 e. The van der Waals surface area contributed by atoms with E-state index < -0.39 is 0 Å². The van der Waals surface area contributed by atoms with Crippen molar-refractivity contribution in [1.82, 2.24) is 0 Å². The summed E-state index contributed by atoms with van der Waals surface area (Å²) in [6, 6.07) is 0. The van der Waals surface area contributed by atoms with Crippen molar-refractivity contribution < 1.29 is 0 Å². The van der Waals surface area contributed by atoms with E-state index in [-0.39, 0.29) is 0 Å². The normalized spacial score (nSPS) is 24.0. The van der Waals surface area contributed by atoms with Gasteiger partial charge in [0.25, 0.3) is 0 Å². The summed E-state index contributed by atoms with van der Waals surface area (Å²) in [5, 5.41) is 0. The van der Waals surface area contributed by atoms with Gasteiger partial charge in [0.1, 0.15) is 0 Å². The highest BCUT2D eigenvalue weighted by atomic mass is 14.0. The number of hydrogen-bond donors (Lipinski definition) is 0. The molecule has 0 heteroatoms. The summed E-state index contributed by atoms with van der Waals surface area (Å²) < 4.78 is 0. The van der Waals surface area contributed by atoms with E-state index in [1.165, 1.54) is 161 Å². The van der Waals surface area contributed by atoms with E-state index in [1.54, 1.807) is 0 Å². The van der Waals surface area contributed by atoms with Crippen molar-refractivity contribution in [2.45, 2.75) is 161 Å². The topological polar surface area (TPSA) is 0 Å². The van der Waals surface area contributed by atoms with Gasteiger partial charge in [-0.15, -0.1) is 0 Å². The Kier molecular flexibility index (Phi) is 18.7. The largest absolute Gasteiger partial charge is 0.0533 e. The zero-order chi connectivity index (χ0) is 17.7. The molecule has 1 saturated carbocycles. The molecule has 0 atom stereocenters. The summed E-state index contributed by atoms with van der Waals surface area (Å²) in [7, 11) is 0. The molecule has 0 aromatic rings. The van der Waals surface area contributed by atoms with Crippen LogP contribution in [0.25, 0.3) is 0 Å². The van der Waals surface area contributed by atoms with Crippen molar-refractivity contribution in [3.05, 3.63) is 0 Å². The van der Waals surface area contributed by atoms with Gasteiger partial charge in [0.05, 0.1) is 0 Å². The molecule has 0 spiro atoms. The SMILES string of the molecule is C1CCCCCCCCCCCCCCCCCCCCCCCC1. The van der Waals surface area contributed by atoms with Gasteiger partial charge < -0.3 is 0 Å². The van der Waals surface area contributed by atoms with Crippen molar-refractivity contribution >= 4 is 0 Å². The first kappa shape index (κ1) is 23.0. The van der Waals surface area contributed by atoms with Crippen molar-refractivity contribution in [2.75, 3.05) is 0 Å². The molecule has 0 heterocycles. The summed E-state index contributed by atoms with van der Waals surface area (Å²) in [5.41, 5.74) is 0. The maximum absolute atomic E-state index is 1.50. The van der Waals surface area contributed by atoms with Crippen LogP contribution in [0.4, 0.5) is 0 Å². The monoisotopic (exact) mass is 350 g/mol. The van der Waals surface area contributed by atoms with E-state index in [0.29, 0.717) is 0 Å². The lowest BCUT2D eigenvalue weighted by Crippen LogP contribution is -1.84. The highest BCUT2D eigenvalue weighted by Gasteiger charge is 1.97. The van der Waals surface area contributed by atoms with E-state index in [0.717, 1.165) is 0 Å². The molecule has 1 aliphatic carbocycles. The fourth-order valence-electron chi connectivity index (χ4n) is 4.42. The second kappa shape index (κ2) is 20.3. The standard InChI is InChI=1S/C25H50/c1-2-4-6-8-10-12-14-16-18-20-22-24-25-23-21-19-17-15-13-11-9-7-5-3-1/h1-25H2. The average Bonchev–Trinajstić information content (AvgIpc) is 2.62. The second-order valence-corrected chi connectivity index (χ2v) is 8.84. The zero-order valence-corrected chi connectivity index (χ0v) is 17.7. The third-order valence-corrected chi connectivity index (χ3v) is 6.25. The molecule has 0 amide bonds. The van der Waals surface area contributed by atoms with Gasteiger partial charge in [0.2, 0.25) is 0 Å². The summed E-state index contributed by atoms with van der Waals surface area (Å²) in [4.78, 5) is 0. The van der Waals surface area contributed by atoms with E-state index in [9.17, 15) is 0 Å². The van der Waals surface area contributed by atoms with Crippen LogP contribution in [0.5, 0.6) is 0 Å². The molecule has 0 aromatic carbocycles.